The highest BCUT2D eigenvalue weighted by Gasteiger charge is 2.51. The van der Waals surface area contributed by atoms with Gasteiger partial charge < -0.3 is 4.90 Å². The van der Waals surface area contributed by atoms with Gasteiger partial charge in [-0.3, -0.25) is 0 Å². The first kappa shape index (κ1) is 4.86. The Morgan fingerprint density at radius 3 is 2.55 bits per heavy atom. The Hall–Kier alpha value is -0.0400. The maximum absolute atomic E-state index is 7.26. The van der Waals surface area contributed by atoms with Crippen molar-refractivity contribution in [3.8, 4) is 0 Å². The zero-order valence-corrected chi connectivity index (χ0v) is 7.43. The van der Waals surface area contributed by atoms with Crippen molar-refractivity contribution in [2.75, 3.05) is 20.1 Å². The molecule has 0 atom stereocenters. The number of rotatable bonds is 1. The second-order valence-electron chi connectivity index (χ2n) is 4.77. The van der Waals surface area contributed by atoms with Gasteiger partial charge in [0.1, 0.15) is 0 Å². The van der Waals surface area contributed by atoms with Crippen molar-refractivity contribution >= 4 is 0 Å². The molecule has 2 fully saturated rings. The predicted molar refractivity (Wildman–Crippen MR) is 47.5 cm³/mol. The normalized spacial score (nSPS) is 35.7. The summed E-state index contributed by atoms with van der Waals surface area (Å²) in [5.74, 6) is 1.61. The predicted octanol–water partition coefficient (Wildman–Crippen LogP) is 1.98. The molecule has 2 rings (SSSR count). The molecule has 1 nitrogen and oxygen atoms in total. The summed E-state index contributed by atoms with van der Waals surface area (Å²) >= 11 is 0. The van der Waals surface area contributed by atoms with Crippen LogP contribution in [0.4, 0.5) is 0 Å². The summed E-state index contributed by atoms with van der Waals surface area (Å²) in [5, 5.41) is 0. The molecule has 0 aromatic carbocycles. The highest BCUT2D eigenvalue weighted by atomic mass is 15.2. The SMILES string of the molecule is [2H]C([2H])([2H])N1CC2(CC(C(C)C)C2)C1. The molecule has 0 radical (unpaired) electrons. The number of hydrogen-bond acceptors (Lipinski definition) is 1. The average Bonchev–Trinajstić information content (AvgIpc) is 1.74. The fourth-order valence-corrected chi connectivity index (χ4v) is 2.55. The van der Waals surface area contributed by atoms with E-state index in [1.54, 1.807) is 4.90 Å². The van der Waals surface area contributed by atoms with Gasteiger partial charge in [-0.15, -0.1) is 0 Å². The lowest BCUT2D eigenvalue weighted by atomic mass is 9.55. The average molecular weight is 156 g/mol. The largest absolute Gasteiger partial charge is 0.305 e. The van der Waals surface area contributed by atoms with E-state index in [0.717, 1.165) is 24.9 Å². The van der Waals surface area contributed by atoms with Crippen LogP contribution < -0.4 is 0 Å². The van der Waals surface area contributed by atoms with Gasteiger partial charge in [-0.2, -0.15) is 0 Å². The summed E-state index contributed by atoms with van der Waals surface area (Å²) in [6.07, 6.45) is 2.49. The molecule has 0 aromatic rings. The number of hydrogen-bond donors (Lipinski definition) is 0. The van der Waals surface area contributed by atoms with Gasteiger partial charge in [0.25, 0.3) is 0 Å². The molecule has 1 saturated carbocycles. The maximum atomic E-state index is 7.26. The van der Waals surface area contributed by atoms with Crippen molar-refractivity contribution in [2.45, 2.75) is 26.7 Å². The molecule has 0 unspecified atom stereocenters. The Bertz CT molecular complexity index is 220. The summed E-state index contributed by atoms with van der Waals surface area (Å²) in [6.45, 7) is 4.27. The molecular weight excluding hydrogens is 134 g/mol. The first-order chi connectivity index (χ1) is 6.32. The third-order valence-corrected chi connectivity index (χ3v) is 3.39. The second kappa shape index (κ2) is 2.22. The van der Waals surface area contributed by atoms with E-state index < -0.39 is 6.98 Å². The lowest BCUT2D eigenvalue weighted by Crippen LogP contribution is -2.61. The minimum Gasteiger partial charge on any atom is -0.305 e. The third-order valence-electron chi connectivity index (χ3n) is 3.39. The topological polar surface area (TPSA) is 3.24 Å². The molecule has 2 aliphatic rings. The fraction of sp³-hybridized carbons (Fsp3) is 1.00. The van der Waals surface area contributed by atoms with Crippen molar-refractivity contribution < 1.29 is 4.11 Å². The van der Waals surface area contributed by atoms with Gasteiger partial charge >= 0.3 is 0 Å². The highest BCUT2D eigenvalue weighted by molar-refractivity contribution is 5.03. The quantitative estimate of drug-likeness (QED) is 0.561. The minimum absolute atomic E-state index is 0.392. The van der Waals surface area contributed by atoms with Crippen LogP contribution in [0.3, 0.4) is 0 Å². The fourth-order valence-electron chi connectivity index (χ4n) is 2.55. The van der Waals surface area contributed by atoms with Gasteiger partial charge in [0, 0.05) is 17.2 Å². The van der Waals surface area contributed by atoms with Crippen LogP contribution in [-0.4, -0.2) is 25.0 Å². The van der Waals surface area contributed by atoms with Crippen LogP contribution in [0, 0.1) is 17.3 Å². The number of nitrogens with zero attached hydrogens (tertiary/aromatic N) is 1. The molecule has 1 heterocycles. The Balaban J connectivity index is 1.80. The van der Waals surface area contributed by atoms with Gasteiger partial charge in [-0.25, -0.2) is 0 Å². The van der Waals surface area contributed by atoms with E-state index in [2.05, 4.69) is 13.8 Å². The smallest absolute Gasteiger partial charge is 0.0394 e. The molecule has 1 spiro atoms. The van der Waals surface area contributed by atoms with E-state index in [0.29, 0.717) is 5.41 Å². The Kier molecular flexibility index (Phi) is 0.982. The van der Waals surface area contributed by atoms with E-state index >= 15 is 0 Å². The molecule has 1 heteroatoms. The zero-order chi connectivity index (χ0) is 10.6. The lowest BCUT2D eigenvalue weighted by Gasteiger charge is -2.59. The van der Waals surface area contributed by atoms with Crippen molar-refractivity contribution in [2.24, 2.45) is 17.3 Å². The molecule has 64 valence electrons. The van der Waals surface area contributed by atoms with Gasteiger partial charge in [-0.1, -0.05) is 13.8 Å². The molecule has 11 heavy (non-hydrogen) atoms. The third kappa shape index (κ3) is 1.10. The Morgan fingerprint density at radius 1 is 1.45 bits per heavy atom. The monoisotopic (exact) mass is 156 g/mol. The van der Waals surface area contributed by atoms with Gasteiger partial charge in [-0.05, 0) is 37.1 Å². The van der Waals surface area contributed by atoms with Crippen LogP contribution in [0.25, 0.3) is 0 Å². The van der Waals surface area contributed by atoms with Crippen molar-refractivity contribution in [3.63, 3.8) is 0 Å². The van der Waals surface area contributed by atoms with Gasteiger partial charge in [0.15, 0.2) is 0 Å². The molecule has 0 N–H and O–H groups in total. The van der Waals surface area contributed by atoms with Crippen molar-refractivity contribution in [1.82, 2.24) is 4.90 Å². The van der Waals surface area contributed by atoms with Crippen molar-refractivity contribution in [3.05, 3.63) is 0 Å². The van der Waals surface area contributed by atoms with E-state index in [9.17, 15) is 0 Å². The van der Waals surface area contributed by atoms with Gasteiger partial charge in [0.05, 0.1) is 0 Å². The van der Waals surface area contributed by atoms with Crippen LogP contribution in [0.5, 0.6) is 0 Å². The van der Waals surface area contributed by atoms with Crippen LogP contribution in [0.15, 0.2) is 0 Å². The van der Waals surface area contributed by atoms with E-state index in [-0.39, 0.29) is 0 Å². The summed E-state index contributed by atoms with van der Waals surface area (Å²) in [6, 6.07) is 0. The summed E-state index contributed by atoms with van der Waals surface area (Å²) < 4.78 is 21.8. The first-order valence-corrected chi connectivity index (χ1v) is 4.57. The lowest BCUT2D eigenvalue weighted by molar-refractivity contribution is -0.0940. The summed E-state index contributed by atoms with van der Waals surface area (Å²) in [4.78, 5) is 1.63. The Labute approximate surface area is 74.0 Å². The summed E-state index contributed by atoms with van der Waals surface area (Å²) in [7, 11) is 0. The zero-order valence-electron chi connectivity index (χ0n) is 10.4. The summed E-state index contributed by atoms with van der Waals surface area (Å²) in [5.41, 5.74) is 0.392. The standard InChI is InChI=1S/C10H19N/c1-8(2)9-4-10(5-9)6-11(3)7-10/h8-9H,4-7H2,1-3H3/i3D3. The molecule has 0 amide bonds. The van der Waals surface area contributed by atoms with Crippen LogP contribution in [0.2, 0.25) is 0 Å². The Morgan fingerprint density at radius 2 is 2.09 bits per heavy atom. The minimum atomic E-state index is -1.85. The van der Waals surface area contributed by atoms with Crippen LogP contribution >= 0.6 is 0 Å². The molecular formula is C10H19N. The van der Waals surface area contributed by atoms with Gasteiger partial charge in [0.2, 0.25) is 0 Å². The van der Waals surface area contributed by atoms with Crippen LogP contribution in [-0.2, 0) is 0 Å². The molecule has 0 aromatic heterocycles. The van der Waals surface area contributed by atoms with E-state index in [1.807, 2.05) is 0 Å². The van der Waals surface area contributed by atoms with Crippen LogP contribution in [0.1, 0.15) is 30.8 Å². The second-order valence-corrected chi connectivity index (χ2v) is 4.77. The van der Waals surface area contributed by atoms with E-state index in [4.69, 9.17) is 4.11 Å². The first-order valence-electron chi connectivity index (χ1n) is 6.07. The van der Waals surface area contributed by atoms with Crippen molar-refractivity contribution in [1.29, 1.82) is 0 Å². The maximum Gasteiger partial charge on any atom is 0.0394 e. The van der Waals surface area contributed by atoms with E-state index in [1.165, 1.54) is 12.8 Å². The molecule has 1 aliphatic carbocycles. The molecule has 1 aliphatic heterocycles. The molecule has 0 bridgehead atoms. The number of likely N-dealkylation sites (tertiary alicyclic amines) is 1. The highest BCUT2D eigenvalue weighted by Crippen LogP contribution is 2.53. The molecule has 1 saturated heterocycles.